The lowest BCUT2D eigenvalue weighted by Crippen LogP contribution is -2.11. The number of rotatable bonds is 3. The first-order valence-electron chi connectivity index (χ1n) is 6.10. The van der Waals surface area contributed by atoms with E-state index in [1.54, 1.807) is 6.92 Å². The lowest BCUT2D eigenvalue weighted by atomic mass is 9.92. The number of aliphatic carboxylic acids is 1. The molecule has 0 aromatic heterocycles. The number of hydrogen-bond acceptors (Lipinski definition) is 2. The predicted molar refractivity (Wildman–Crippen MR) is 65.1 cm³/mol. The minimum atomic E-state index is -0.807. The molecule has 3 heteroatoms. The number of carboxylic acids is 1. The van der Waals surface area contributed by atoms with Gasteiger partial charge in [0, 0.05) is 5.92 Å². The van der Waals surface area contributed by atoms with Gasteiger partial charge in [-0.2, -0.15) is 0 Å². The van der Waals surface area contributed by atoms with Gasteiger partial charge in [-0.25, -0.2) is 0 Å². The van der Waals surface area contributed by atoms with E-state index in [-0.39, 0.29) is 12.0 Å². The molecule has 1 aliphatic carbocycles. The van der Waals surface area contributed by atoms with Crippen molar-refractivity contribution in [3.8, 4) is 0 Å². The zero-order valence-corrected chi connectivity index (χ0v) is 9.97. The molecule has 0 amide bonds. The summed E-state index contributed by atoms with van der Waals surface area (Å²) < 4.78 is 0. The molecule has 1 fully saturated rings. The average Bonchev–Trinajstić information content (AvgIpc) is 2.74. The Labute approximate surface area is 101 Å². The number of carbonyl (C=O) groups is 1. The van der Waals surface area contributed by atoms with Crippen LogP contribution in [-0.2, 0) is 4.79 Å². The first-order valence-corrected chi connectivity index (χ1v) is 6.10. The zero-order chi connectivity index (χ0) is 12.4. The second kappa shape index (κ2) is 4.88. The number of benzene rings is 1. The van der Waals surface area contributed by atoms with Crippen molar-refractivity contribution in [3.63, 3.8) is 0 Å². The van der Waals surface area contributed by atoms with E-state index in [4.69, 9.17) is 5.11 Å². The fourth-order valence-electron chi connectivity index (χ4n) is 2.50. The third-order valence-corrected chi connectivity index (χ3v) is 3.71. The van der Waals surface area contributed by atoms with Gasteiger partial charge in [-0.3, -0.25) is 4.79 Å². The Morgan fingerprint density at radius 2 is 1.94 bits per heavy atom. The lowest BCUT2D eigenvalue weighted by molar-refractivity contribution is -0.138. The molecule has 1 unspecified atom stereocenters. The third-order valence-electron chi connectivity index (χ3n) is 3.71. The molecule has 3 nitrogen and oxygen atoms in total. The van der Waals surface area contributed by atoms with Crippen molar-refractivity contribution in [3.05, 3.63) is 35.4 Å². The molecule has 2 N–H and O–H groups in total. The van der Waals surface area contributed by atoms with Gasteiger partial charge in [0.2, 0.25) is 0 Å². The smallest absolute Gasteiger partial charge is 0.310 e. The summed E-state index contributed by atoms with van der Waals surface area (Å²) in [6.07, 6.45) is 2.73. The van der Waals surface area contributed by atoms with Gasteiger partial charge >= 0.3 is 5.97 Å². The van der Waals surface area contributed by atoms with Gasteiger partial charge in [0.1, 0.15) is 0 Å². The molecule has 92 valence electrons. The highest BCUT2D eigenvalue weighted by molar-refractivity contribution is 5.75. The van der Waals surface area contributed by atoms with Crippen LogP contribution in [-0.4, -0.2) is 22.3 Å². The molecular weight excluding hydrogens is 216 g/mol. The van der Waals surface area contributed by atoms with Crippen molar-refractivity contribution in [2.24, 2.45) is 0 Å². The molecule has 3 atom stereocenters. The maximum Gasteiger partial charge on any atom is 0.310 e. The first kappa shape index (κ1) is 12.1. The molecule has 1 aromatic carbocycles. The molecule has 0 spiro atoms. The molecule has 0 aliphatic heterocycles. The number of carboxylic acid groups (broad SMARTS) is 1. The molecule has 0 radical (unpaired) electrons. The minimum absolute atomic E-state index is 0.226. The highest BCUT2D eigenvalue weighted by atomic mass is 16.4. The van der Waals surface area contributed by atoms with Gasteiger partial charge in [-0.1, -0.05) is 30.7 Å². The molecule has 2 rings (SSSR count). The molecule has 0 heterocycles. The van der Waals surface area contributed by atoms with Crippen LogP contribution in [0.1, 0.15) is 49.1 Å². The van der Waals surface area contributed by atoms with Gasteiger partial charge in [0.15, 0.2) is 0 Å². The van der Waals surface area contributed by atoms with Gasteiger partial charge in [0.05, 0.1) is 12.0 Å². The van der Waals surface area contributed by atoms with Crippen LogP contribution in [0.5, 0.6) is 0 Å². The van der Waals surface area contributed by atoms with Crippen molar-refractivity contribution in [2.75, 3.05) is 0 Å². The van der Waals surface area contributed by atoms with Crippen molar-refractivity contribution >= 4 is 5.97 Å². The highest BCUT2D eigenvalue weighted by Gasteiger charge is 2.26. The normalized spacial score (nSPS) is 25.8. The van der Waals surface area contributed by atoms with E-state index in [1.807, 2.05) is 24.3 Å². The summed E-state index contributed by atoms with van der Waals surface area (Å²) in [6, 6.07) is 7.63. The Morgan fingerprint density at radius 1 is 1.29 bits per heavy atom. The maximum atomic E-state index is 10.9. The molecule has 1 aliphatic rings. The summed E-state index contributed by atoms with van der Waals surface area (Å²) in [5.41, 5.74) is 1.94. The average molecular weight is 234 g/mol. The highest BCUT2D eigenvalue weighted by Crippen LogP contribution is 2.34. The van der Waals surface area contributed by atoms with Gasteiger partial charge in [0.25, 0.3) is 0 Å². The van der Waals surface area contributed by atoms with Gasteiger partial charge < -0.3 is 10.2 Å². The van der Waals surface area contributed by atoms with Crippen LogP contribution >= 0.6 is 0 Å². The third kappa shape index (κ3) is 2.50. The maximum absolute atomic E-state index is 10.9. The summed E-state index contributed by atoms with van der Waals surface area (Å²) in [6.45, 7) is 1.68. The second-order valence-corrected chi connectivity index (χ2v) is 4.83. The van der Waals surface area contributed by atoms with E-state index >= 15 is 0 Å². The van der Waals surface area contributed by atoms with Gasteiger partial charge in [-0.05, 0) is 30.9 Å². The molecule has 1 saturated carbocycles. The SMILES string of the molecule is CC(C(=O)O)c1ccc([C@@H]2CCC[C@H]2O)cc1. The van der Waals surface area contributed by atoms with Crippen LogP contribution in [0.25, 0.3) is 0 Å². The molecule has 17 heavy (non-hydrogen) atoms. The van der Waals surface area contributed by atoms with Crippen LogP contribution in [0.2, 0.25) is 0 Å². The second-order valence-electron chi connectivity index (χ2n) is 4.83. The van der Waals surface area contributed by atoms with Crippen LogP contribution in [0.4, 0.5) is 0 Å². The molecule has 1 aromatic rings. The molecular formula is C14H18O3. The van der Waals surface area contributed by atoms with E-state index in [0.29, 0.717) is 0 Å². The fourth-order valence-corrected chi connectivity index (χ4v) is 2.50. The van der Waals surface area contributed by atoms with E-state index < -0.39 is 11.9 Å². The largest absolute Gasteiger partial charge is 0.481 e. The molecule has 0 bridgehead atoms. The standard InChI is InChI=1S/C14H18O3/c1-9(14(16)17)10-5-7-11(8-6-10)12-3-2-4-13(12)15/h5-9,12-13,15H,2-4H2,1H3,(H,16,17)/t9?,12-,13+/m0/s1. The van der Waals surface area contributed by atoms with E-state index in [0.717, 1.165) is 30.4 Å². The number of aliphatic hydroxyl groups excluding tert-OH is 1. The number of hydrogen-bond donors (Lipinski definition) is 2. The molecule has 0 saturated heterocycles. The Balaban J connectivity index is 2.15. The van der Waals surface area contributed by atoms with Crippen LogP contribution in [0.3, 0.4) is 0 Å². The Bertz CT molecular complexity index is 396. The fraction of sp³-hybridized carbons (Fsp3) is 0.500. The minimum Gasteiger partial charge on any atom is -0.481 e. The monoisotopic (exact) mass is 234 g/mol. The topological polar surface area (TPSA) is 57.5 Å². The van der Waals surface area contributed by atoms with Crippen LogP contribution in [0.15, 0.2) is 24.3 Å². The van der Waals surface area contributed by atoms with Crippen molar-refractivity contribution in [1.82, 2.24) is 0 Å². The Hall–Kier alpha value is -1.35. The van der Waals surface area contributed by atoms with Crippen molar-refractivity contribution in [2.45, 2.75) is 44.1 Å². The van der Waals surface area contributed by atoms with Crippen LogP contribution in [0, 0.1) is 0 Å². The van der Waals surface area contributed by atoms with E-state index in [9.17, 15) is 9.90 Å². The van der Waals surface area contributed by atoms with Crippen molar-refractivity contribution in [1.29, 1.82) is 0 Å². The van der Waals surface area contributed by atoms with Gasteiger partial charge in [-0.15, -0.1) is 0 Å². The van der Waals surface area contributed by atoms with Crippen LogP contribution < -0.4 is 0 Å². The predicted octanol–water partition coefficient (Wildman–Crippen LogP) is 2.50. The van der Waals surface area contributed by atoms with E-state index in [1.165, 1.54) is 0 Å². The summed E-state index contributed by atoms with van der Waals surface area (Å²) >= 11 is 0. The summed E-state index contributed by atoms with van der Waals surface area (Å²) in [5, 5.41) is 18.7. The number of aliphatic hydroxyl groups is 1. The van der Waals surface area contributed by atoms with Crippen molar-refractivity contribution < 1.29 is 15.0 Å². The Morgan fingerprint density at radius 3 is 2.41 bits per heavy atom. The Kier molecular flexibility index (Phi) is 3.48. The lowest BCUT2D eigenvalue weighted by Gasteiger charge is -2.15. The quantitative estimate of drug-likeness (QED) is 0.844. The summed E-state index contributed by atoms with van der Waals surface area (Å²) in [7, 11) is 0. The zero-order valence-electron chi connectivity index (χ0n) is 9.97. The first-order chi connectivity index (χ1) is 8.09. The van der Waals surface area contributed by atoms with E-state index in [2.05, 4.69) is 0 Å². The summed E-state index contributed by atoms with van der Waals surface area (Å²) in [4.78, 5) is 10.9. The summed E-state index contributed by atoms with van der Waals surface area (Å²) in [5.74, 6) is -1.06.